The summed E-state index contributed by atoms with van der Waals surface area (Å²) in [6.07, 6.45) is -0.494. The molecule has 0 aromatic heterocycles. The fraction of sp³-hybridized carbons (Fsp3) is 0.353. The summed E-state index contributed by atoms with van der Waals surface area (Å²) in [7, 11) is 0. The standard InChI is InChI=1S/C17H18FN3O6/c1-8(2)27-17(22)14-9(3)19-10(4)16(21(25)26)15(14)12-6-5-11(20(23)24)7-13(12)18/h5-8,15,19H,1-4H3/t15-/m1/s1. The molecule has 0 amide bonds. The number of halogens is 1. The Kier molecular flexibility index (Phi) is 5.58. The number of hydrogen-bond acceptors (Lipinski definition) is 7. The number of allylic oxidation sites excluding steroid dienone is 3. The van der Waals surface area contributed by atoms with Crippen LogP contribution >= 0.6 is 0 Å². The van der Waals surface area contributed by atoms with E-state index in [9.17, 15) is 29.4 Å². The molecule has 1 aliphatic heterocycles. The SMILES string of the molecule is CC1=C(C(=O)OC(C)C)[C@@H](c2ccc([N+](=O)[O-])cc2F)C([N+](=O)[O-])=C(C)N1. The predicted octanol–water partition coefficient (Wildman–Crippen LogP) is 3.15. The molecule has 0 fully saturated rings. The van der Waals surface area contributed by atoms with E-state index in [-0.39, 0.29) is 22.5 Å². The Morgan fingerprint density at radius 2 is 1.81 bits per heavy atom. The average Bonchev–Trinajstić information content (AvgIpc) is 2.52. The lowest BCUT2D eigenvalue weighted by atomic mass is 9.83. The van der Waals surface area contributed by atoms with Gasteiger partial charge in [-0.05, 0) is 33.8 Å². The van der Waals surface area contributed by atoms with Gasteiger partial charge in [0.05, 0.1) is 33.3 Å². The zero-order valence-electron chi connectivity index (χ0n) is 15.1. The summed E-state index contributed by atoms with van der Waals surface area (Å²) in [4.78, 5) is 33.6. The maximum absolute atomic E-state index is 14.6. The molecule has 1 aromatic carbocycles. The van der Waals surface area contributed by atoms with E-state index >= 15 is 0 Å². The molecule has 144 valence electrons. The van der Waals surface area contributed by atoms with Crippen molar-refractivity contribution >= 4 is 11.7 Å². The summed E-state index contributed by atoms with van der Waals surface area (Å²) < 4.78 is 19.8. The third kappa shape index (κ3) is 3.94. The predicted molar refractivity (Wildman–Crippen MR) is 92.6 cm³/mol. The molecule has 0 radical (unpaired) electrons. The largest absolute Gasteiger partial charge is 0.460 e. The number of nitrogens with zero attached hydrogens (tertiary/aromatic N) is 2. The van der Waals surface area contributed by atoms with Crippen LogP contribution in [0.4, 0.5) is 10.1 Å². The quantitative estimate of drug-likeness (QED) is 0.473. The van der Waals surface area contributed by atoms with Gasteiger partial charge in [0.2, 0.25) is 0 Å². The fourth-order valence-electron chi connectivity index (χ4n) is 2.94. The lowest BCUT2D eigenvalue weighted by Crippen LogP contribution is -2.32. The first-order valence-electron chi connectivity index (χ1n) is 8.02. The van der Waals surface area contributed by atoms with Gasteiger partial charge in [0, 0.05) is 17.3 Å². The summed E-state index contributed by atoms with van der Waals surface area (Å²) in [5.74, 6) is -3.22. The summed E-state index contributed by atoms with van der Waals surface area (Å²) >= 11 is 0. The Morgan fingerprint density at radius 1 is 1.19 bits per heavy atom. The van der Waals surface area contributed by atoms with Crippen LogP contribution in [0.5, 0.6) is 0 Å². The smallest absolute Gasteiger partial charge is 0.337 e. The highest BCUT2D eigenvalue weighted by Crippen LogP contribution is 2.40. The first-order chi connectivity index (χ1) is 12.5. The summed E-state index contributed by atoms with van der Waals surface area (Å²) in [5.41, 5.74) is -0.839. The third-order valence-electron chi connectivity index (χ3n) is 3.99. The second-order valence-corrected chi connectivity index (χ2v) is 6.28. The number of non-ortho nitro benzene ring substituents is 1. The molecule has 1 heterocycles. The number of nitro groups is 2. The van der Waals surface area contributed by atoms with E-state index in [0.29, 0.717) is 6.07 Å². The van der Waals surface area contributed by atoms with E-state index in [2.05, 4.69) is 5.32 Å². The van der Waals surface area contributed by atoms with Gasteiger partial charge in [0.1, 0.15) is 11.7 Å². The molecule has 2 rings (SSSR count). The van der Waals surface area contributed by atoms with Crippen molar-refractivity contribution in [3.63, 3.8) is 0 Å². The Hall–Kier alpha value is -3.30. The Morgan fingerprint density at radius 3 is 2.30 bits per heavy atom. The molecule has 1 aliphatic rings. The maximum atomic E-state index is 14.6. The lowest BCUT2D eigenvalue weighted by Gasteiger charge is -2.27. The van der Waals surface area contributed by atoms with Crippen molar-refractivity contribution in [2.24, 2.45) is 0 Å². The highest BCUT2D eigenvalue weighted by molar-refractivity contribution is 5.92. The molecule has 0 aliphatic carbocycles. The monoisotopic (exact) mass is 379 g/mol. The van der Waals surface area contributed by atoms with E-state index < -0.39 is 45.0 Å². The molecule has 1 aromatic rings. The number of hydrogen-bond donors (Lipinski definition) is 1. The van der Waals surface area contributed by atoms with Gasteiger partial charge in [-0.15, -0.1) is 0 Å². The number of benzene rings is 1. The molecular formula is C17H18FN3O6. The molecule has 1 atom stereocenters. The van der Waals surface area contributed by atoms with Crippen LogP contribution in [0.25, 0.3) is 0 Å². The van der Waals surface area contributed by atoms with Crippen LogP contribution in [0.1, 0.15) is 39.2 Å². The second-order valence-electron chi connectivity index (χ2n) is 6.28. The molecule has 0 saturated carbocycles. The molecule has 1 N–H and O–H groups in total. The number of carbonyl (C=O) groups excluding carboxylic acids is 1. The zero-order valence-corrected chi connectivity index (χ0v) is 15.1. The van der Waals surface area contributed by atoms with Crippen molar-refractivity contribution in [2.45, 2.75) is 39.7 Å². The Bertz CT molecular complexity index is 891. The number of ether oxygens (including phenoxy) is 1. The second kappa shape index (κ2) is 7.52. The normalized spacial score (nSPS) is 17.0. The molecule has 27 heavy (non-hydrogen) atoms. The van der Waals surface area contributed by atoms with Gasteiger partial charge in [0.15, 0.2) is 0 Å². The number of nitro benzene ring substituents is 1. The van der Waals surface area contributed by atoms with Gasteiger partial charge in [-0.25, -0.2) is 9.18 Å². The van der Waals surface area contributed by atoms with Crippen LogP contribution in [0.3, 0.4) is 0 Å². The maximum Gasteiger partial charge on any atom is 0.337 e. The summed E-state index contributed by atoms with van der Waals surface area (Å²) in [6, 6.07) is 2.79. The van der Waals surface area contributed by atoms with E-state index in [1.807, 2.05) is 0 Å². The topological polar surface area (TPSA) is 125 Å². The fourth-order valence-corrected chi connectivity index (χ4v) is 2.94. The molecular weight excluding hydrogens is 361 g/mol. The van der Waals surface area contributed by atoms with Crippen molar-refractivity contribution in [2.75, 3.05) is 0 Å². The Labute approximate surface area is 153 Å². The van der Waals surface area contributed by atoms with Gasteiger partial charge in [-0.3, -0.25) is 20.2 Å². The highest BCUT2D eigenvalue weighted by atomic mass is 19.1. The average molecular weight is 379 g/mol. The third-order valence-corrected chi connectivity index (χ3v) is 3.99. The molecule has 0 spiro atoms. The van der Waals surface area contributed by atoms with Gasteiger partial charge >= 0.3 is 5.97 Å². The molecule has 0 bridgehead atoms. The summed E-state index contributed by atoms with van der Waals surface area (Å²) in [5, 5.41) is 25.2. The first kappa shape index (κ1) is 20.0. The molecule has 0 saturated heterocycles. The van der Waals surface area contributed by atoms with Crippen LogP contribution in [-0.4, -0.2) is 21.9 Å². The van der Waals surface area contributed by atoms with Gasteiger partial charge in [-0.2, -0.15) is 0 Å². The lowest BCUT2D eigenvalue weighted by molar-refractivity contribution is -0.431. The van der Waals surface area contributed by atoms with Crippen LogP contribution in [0.2, 0.25) is 0 Å². The minimum absolute atomic E-state index is 0.117. The highest BCUT2D eigenvalue weighted by Gasteiger charge is 2.42. The Balaban J connectivity index is 2.70. The van der Waals surface area contributed by atoms with Crippen LogP contribution in [0.15, 0.2) is 40.9 Å². The zero-order chi connectivity index (χ0) is 20.5. The first-order valence-corrected chi connectivity index (χ1v) is 8.02. The molecule has 0 unspecified atom stereocenters. The number of esters is 1. The van der Waals surface area contributed by atoms with Crippen molar-refractivity contribution in [3.8, 4) is 0 Å². The van der Waals surface area contributed by atoms with Crippen molar-refractivity contribution in [1.82, 2.24) is 5.32 Å². The van der Waals surface area contributed by atoms with Crippen molar-refractivity contribution in [1.29, 1.82) is 0 Å². The minimum Gasteiger partial charge on any atom is -0.460 e. The van der Waals surface area contributed by atoms with Crippen molar-refractivity contribution < 1.29 is 23.8 Å². The van der Waals surface area contributed by atoms with E-state index in [1.165, 1.54) is 13.8 Å². The number of carbonyl (C=O) groups is 1. The number of nitrogens with one attached hydrogen (secondary N) is 1. The van der Waals surface area contributed by atoms with E-state index in [0.717, 1.165) is 12.1 Å². The van der Waals surface area contributed by atoms with Crippen molar-refractivity contribution in [3.05, 3.63) is 72.5 Å². The van der Waals surface area contributed by atoms with Gasteiger partial charge in [0.25, 0.3) is 11.4 Å². The van der Waals surface area contributed by atoms with Gasteiger partial charge in [-0.1, -0.05) is 0 Å². The van der Waals surface area contributed by atoms with E-state index in [4.69, 9.17) is 4.74 Å². The molecule has 10 heteroatoms. The van der Waals surface area contributed by atoms with Crippen LogP contribution in [-0.2, 0) is 9.53 Å². The summed E-state index contributed by atoms with van der Waals surface area (Å²) in [6.45, 7) is 6.18. The number of rotatable bonds is 5. The van der Waals surface area contributed by atoms with Crippen LogP contribution < -0.4 is 5.32 Å². The number of dihydropyridines is 1. The van der Waals surface area contributed by atoms with E-state index in [1.54, 1.807) is 13.8 Å². The van der Waals surface area contributed by atoms with Gasteiger partial charge < -0.3 is 10.1 Å². The van der Waals surface area contributed by atoms with Crippen LogP contribution in [0, 0.1) is 26.0 Å². The molecule has 9 nitrogen and oxygen atoms in total. The minimum atomic E-state index is -1.37.